The number of methoxy groups -OCH3 is 2. The lowest BCUT2D eigenvalue weighted by molar-refractivity contribution is -0.384. The fraction of sp³-hybridized carbons (Fsp3) is 0.273. The number of benzene rings is 1. The van der Waals surface area contributed by atoms with E-state index in [1.807, 2.05) is 0 Å². The van der Waals surface area contributed by atoms with Crippen LogP contribution in [-0.4, -0.2) is 36.8 Å². The van der Waals surface area contributed by atoms with E-state index >= 15 is 0 Å². The van der Waals surface area contributed by atoms with Gasteiger partial charge in [-0.1, -0.05) is 0 Å². The van der Waals surface area contributed by atoms with Crippen LogP contribution in [0.3, 0.4) is 0 Å². The van der Waals surface area contributed by atoms with E-state index in [2.05, 4.69) is 9.47 Å². The summed E-state index contributed by atoms with van der Waals surface area (Å²) in [5.41, 5.74) is -0.173. The molecule has 0 radical (unpaired) electrons. The van der Waals surface area contributed by atoms with Crippen molar-refractivity contribution in [3.05, 3.63) is 33.9 Å². The van der Waals surface area contributed by atoms with Gasteiger partial charge in [0.25, 0.3) is 5.69 Å². The molecule has 1 aromatic rings. The molecule has 8 heteroatoms. The molecule has 1 aromatic carbocycles. The Bertz CT molecular complexity index is 516. The van der Waals surface area contributed by atoms with Crippen molar-refractivity contribution in [2.45, 2.75) is 4.90 Å². The number of nitro benzene ring substituents is 1. The fourth-order valence-corrected chi connectivity index (χ4v) is 2.08. The largest absolute Gasteiger partial charge is 0.468 e. The van der Waals surface area contributed by atoms with Gasteiger partial charge in [-0.3, -0.25) is 14.9 Å². The minimum atomic E-state index is -0.698. The number of carbonyl (C=O) groups excluding carboxylic acids is 2. The number of non-ortho nitro benzene ring substituents is 1. The molecule has 0 spiro atoms. The molecule has 0 saturated carbocycles. The Morgan fingerprint density at radius 3 is 2.53 bits per heavy atom. The highest BCUT2D eigenvalue weighted by Crippen LogP contribution is 2.27. The number of hydrogen-bond acceptors (Lipinski definition) is 7. The van der Waals surface area contributed by atoms with Gasteiger partial charge in [-0.25, -0.2) is 4.79 Å². The summed E-state index contributed by atoms with van der Waals surface area (Å²) in [6.45, 7) is 0. The van der Waals surface area contributed by atoms with E-state index < -0.39 is 16.9 Å². The summed E-state index contributed by atoms with van der Waals surface area (Å²) in [4.78, 5) is 33.1. The number of hydrogen-bond donors (Lipinski definition) is 0. The third-order valence-corrected chi connectivity index (χ3v) is 3.20. The molecule has 7 nitrogen and oxygen atoms in total. The number of esters is 2. The summed E-state index contributed by atoms with van der Waals surface area (Å²) >= 11 is 1.05. The number of rotatable bonds is 5. The normalized spacial score (nSPS) is 9.79. The van der Waals surface area contributed by atoms with Crippen LogP contribution in [0.4, 0.5) is 5.69 Å². The Kier molecular flexibility index (Phi) is 5.31. The third kappa shape index (κ3) is 3.95. The third-order valence-electron chi connectivity index (χ3n) is 2.15. The fourth-order valence-electron chi connectivity index (χ4n) is 1.22. The van der Waals surface area contributed by atoms with Crippen molar-refractivity contribution < 1.29 is 24.0 Å². The molecule has 0 heterocycles. The van der Waals surface area contributed by atoms with E-state index in [0.717, 1.165) is 17.8 Å². The zero-order valence-corrected chi connectivity index (χ0v) is 11.1. The van der Waals surface area contributed by atoms with Crippen LogP contribution >= 0.6 is 11.8 Å². The predicted octanol–water partition coefficient (Wildman–Crippen LogP) is 1.65. The minimum absolute atomic E-state index is 0.00168. The molecular formula is C11H11NO6S. The van der Waals surface area contributed by atoms with Crippen LogP contribution in [0.1, 0.15) is 10.4 Å². The molecule has 0 aromatic heterocycles. The molecule has 1 rings (SSSR count). The van der Waals surface area contributed by atoms with Gasteiger partial charge in [0.05, 0.1) is 30.5 Å². The van der Waals surface area contributed by atoms with Crippen molar-refractivity contribution in [2.24, 2.45) is 0 Å². The van der Waals surface area contributed by atoms with Crippen LogP contribution in [0, 0.1) is 10.1 Å². The Balaban J connectivity index is 3.05. The second-order valence-corrected chi connectivity index (χ2v) is 4.31. The van der Waals surface area contributed by atoms with E-state index in [1.165, 1.54) is 26.4 Å². The molecule has 0 unspecified atom stereocenters. The highest BCUT2D eigenvalue weighted by Gasteiger charge is 2.18. The van der Waals surface area contributed by atoms with Crippen LogP contribution in [0.25, 0.3) is 0 Å². The molecule has 0 bridgehead atoms. The molecule has 0 saturated heterocycles. The van der Waals surface area contributed by atoms with Gasteiger partial charge in [0.2, 0.25) is 0 Å². The van der Waals surface area contributed by atoms with Crippen LogP contribution in [0.2, 0.25) is 0 Å². The van der Waals surface area contributed by atoms with Gasteiger partial charge in [-0.15, -0.1) is 11.8 Å². The molecule has 0 aliphatic heterocycles. The maximum absolute atomic E-state index is 11.5. The quantitative estimate of drug-likeness (QED) is 0.351. The van der Waals surface area contributed by atoms with Gasteiger partial charge in [-0.2, -0.15) is 0 Å². The topological polar surface area (TPSA) is 95.7 Å². The van der Waals surface area contributed by atoms with Crippen molar-refractivity contribution >= 4 is 29.4 Å². The summed E-state index contributed by atoms with van der Waals surface area (Å²) in [6, 6.07) is 3.77. The Morgan fingerprint density at radius 2 is 2.00 bits per heavy atom. The smallest absolute Gasteiger partial charge is 0.339 e. The van der Waals surface area contributed by atoms with Crippen molar-refractivity contribution in [3.8, 4) is 0 Å². The average Bonchev–Trinajstić information content (AvgIpc) is 2.43. The summed E-state index contributed by atoms with van der Waals surface area (Å²) in [7, 11) is 2.43. The number of nitro groups is 1. The van der Waals surface area contributed by atoms with Crippen molar-refractivity contribution in [2.75, 3.05) is 20.0 Å². The first-order chi connectivity index (χ1) is 8.99. The summed E-state index contributed by atoms with van der Waals surface area (Å²) in [6.07, 6.45) is 0. The van der Waals surface area contributed by atoms with E-state index in [-0.39, 0.29) is 17.0 Å². The van der Waals surface area contributed by atoms with E-state index in [0.29, 0.717) is 4.90 Å². The minimum Gasteiger partial charge on any atom is -0.468 e. The first-order valence-corrected chi connectivity index (χ1v) is 6.04. The lowest BCUT2D eigenvalue weighted by Crippen LogP contribution is -2.07. The highest BCUT2D eigenvalue weighted by molar-refractivity contribution is 8.00. The van der Waals surface area contributed by atoms with Crippen molar-refractivity contribution in [1.82, 2.24) is 0 Å². The number of nitrogens with zero attached hydrogens (tertiary/aromatic N) is 1. The number of ether oxygens (including phenoxy) is 2. The molecule has 0 atom stereocenters. The molecule has 0 amide bonds. The summed E-state index contributed by atoms with van der Waals surface area (Å²) < 4.78 is 9.03. The molecule has 0 fully saturated rings. The number of carbonyl (C=O) groups is 2. The second-order valence-electron chi connectivity index (χ2n) is 3.29. The first-order valence-electron chi connectivity index (χ1n) is 5.06. The van der Waals surface area contributed by atoms with E-state index in [9.17, 15) is 19.7 Å². The molecule has 0 aliphatic rings. The first kappa shape index (κ1) is 15.0. The zero-order chi connectivity index (χ0) is 14.4. The highest BCUT2D eigenvalue weighted by atomic mass is 32.2. The Hall–Kier alpha value is -2.09. The number of thioether (sulfide) groups is 1. The van der Waals surface area contributed by atoms with Crippen LogP contribution < -0.4 is 0 Å². The van der Waals surface area contributed by atoms with Gasteiger partial charge in [0.15, 0.2) is 0 Å². The van der Waals surface area contributed by atoms with Crippen LogP contribution in [-0.2, 0) is 14.3 Å². The van der Waals surface area contributed by atoms with Gasteiger partial charge in [-0.05, 0) is 6.07 Å². The molecule has 19 heavy (non-hydrogen) atoms. The van der Waals surface area contributed by atoms with Crippen LogP contribution in [0.15, 0.2) is 23.1 Å². The maximum atomic E-state index is 11.5. The predicted molar refractivity (Wildman–Crippen MR) is 67.2 cm³/mol. The SMILES string of the molecule is COC(=O)CSc1ccc([N+](=O)[O-])cc1C(=O)OC. The summed E-state index contributed by atoms with van der Waals surface area (Å²) in [5.74, 6) is -1.16. The van der Waals surface area contributed by atoms with Gasteiger partial charge in [0.1, 0.15) is 0 Å². The zero-order valence-electron chi connectivity index (χ0n) is 10.2. The monoisotopic (exact) mass is 285 g/mol. The van der Waals surface area contributed by atoms with Crippen LogP contribution in [0.5, 0.6) is 0 Å². The molecule has 0 aliphatic carbocycles. The van der Waals surface area contributed by atoms with E-state index in [4.69, 9.17) is 0 Å². The van der Waals surface area contributed by atoms with Gasteiger partial charge in [0, 0.05) is 17.0 Å². The van der Waals surface area contributed by atoms with Crippen molar-refractivity contribution in [3.63, 3.8) is 0 Å². The van der Waals surface area contributed by atoms with Gasteiger partial charge < -0.3 is 9.47 Å². The lowest BCUT2D eigenvalue weighted by Gasteiger charge is -2.06. The van der Waals surface area contributed by atoms with Crippen molar-refractivity contribution in [1.29, 1.82) is 0 Å². The summed E-state index contributed by atoms with van der Waals surface area (Å²) in [5, 5.41) is 10.7. The Labute approximate surface area is 113 Å². The second kappa shape index (κ2) is 6.74. The lowest BCUT2D eigenvalue weighted by atomic mass is 10.2. The average molecular weight is 285 g/mol. The Morgan fingerprint density at radius 1 is 1.32 bits per heavy atom. The molecule has 0 N–H and O–H groups in total. The molecular weight excluding hydrogens is 274 g/mol. The molecule has 102 valence electrons. The maximum Gasteiger partial charge on any atom is 0.339 e. The van der Waals surface area contributed by atoms with E-state index in [1.54, 1.807) is 0 Å². The van der Waals surface area contributed by atoms with Gasteiger partial charge >= 0.3 is 11.9 Å². The standard InChI is InChI=1S/C11H11NO6S/c1-17-10(13)6-19-9-4-3-7(12(15)16)5-8(9)11(14)18-2/h3-5H,6H2,1-2H3.